The van der Waals surface area contributed by atoms with E-state index in [-0.39, 0.29) is 24.5 Å². The van der Waals surface area contributed by atoms with E-state index in [1.165, 1.54) is 6.20 Å². The van der Waals surface area contributed by atoms with Gasteiger partial charge in [0.15, 0.2) is 0 Å². The van der Waals surface area contributed by atoms with E-state index in [0.717, 1.165) is 28.6 Å². The van der Waals surface area contributed by atoms with Crippen molar-refractivity contribution in [3.63, 3.8) is 0 Å². The third-order valence-corrected chi connectivity index (χ3v) is 7.02. The summed E-state index contributed by atoms with van der Waals surface area (Å²) in [6, 6.07) is 7.44. The molecule has 0 bridgehead atoms. The summed E-state index contributed by atoms with van der Waals surface area (Å²) in [6.45, 7) is -0.0712. The van der Waals surface area contributed by atoms with Crippen molar-refractivity contribution in [3.8, 4) is 5.75 Å². The lowest BCUT2D eigenvalue weighted by Crippen LogP contribution is -2.58. The number of halogens is 3. The molecule has 174 valence electrons. The molecule has 0 amide bonds. The molecule has 0 unspecified atom stereocenters. The molecule has 1 aromatic heterocycles. The molecule has 4 rings (SSSR count). The fraction of sp³-hybridized carbons (Fsp3) is 0.250. The molecule has 1 saturated heterocycles. The fourth-order valence-corrected chi connectivity index (χ4v) is 5.15. The summed E-state index contributed by atoms with van der Waals surface area (Å²) >= 11 is 0. The van der Waals surface area contributed by atoms with Crippen LogP contribution in [0.3, 0.4) is 0 Å². The minimum atomic E-state index is -4.92. The quantitative estimate of drug-likeness (QED) is 0.590. The number of hydrogen-bond acceptors (Lipinski definition) is 7. The predicted octanol–water partition coefficient (Wildman–Crippen LogP) is 2.49. The summed E-state index contributed by atoms with van der Waals surface area (Å²) in [5.41, 5.74) is 1.94. The Hall–Kier alpha value is -3.45. The highest BCUT2D eigenvalue weighted by Crippen LogP contribution is 2.28. The van der Waals surface area contributed by atoms with Crippen LogP contribution in [0.2, 0.25) is 0 Å². The highest BCUT2D eigenvalue weighted by Gasteiger charge is 2.40. The number of rotatable bonds is 5. The van der Waals surface area contributed by atoms with E-state index >= 15 is 0 Å². The predicted molar refractivity (Wildman–Crippen MR) is 110 cm³/mol. The van der Waals surface area contributed by atoms with Crippen molar-refractivity contribution in [2.24, 2.45) is 0 Å². The monoisotopic (exact) mass is 482 g/mol. The van der Waals surface area contributed by atoms with Gasteiger partial charge in [-0.2, -0.15) is 4.31 Å². The zero-order valence-electron chi connectivity index (χ0n) is 16.8. The summed E-state index contributed by atoms with van der Waals surface area (Å²) in [5.74, 6) is -1.93. The molecule has 1 fully saturated rings. The number of ether oxygens (including phenoxy) is 1. The lowest BCUT2D eigenvalue weighted by Gasteiger charge is -2.39. The fourth-order valence-electron chi connectivity index (χ4n) is 3.59. The number of aromatic nitrogens is 2. The first kappa shape index (κ1) is 22.7. The molecule has 9 nitrogen and oxygen atoms in total. The van der Waals surface area contributed by atoms with Crippen LogP contribution in [0, 0.1) is 0 Å². The third kappa shape index (κ3) is 4.83. The zero-order valence-corrected chi connectivity index (χ0v) is 17.6. The first-order chi connectivity index (χ1) is 15.5. The van der Waals surface area contributed by atoms with Crippen molar-refractivity contribution in [3.05, 3.63) is 54.9 Å². The highest BCUT2D eigenvalue weighted by atomic mass is 32.2. The molecule has 0 saturated carbocycles. The minimum Gasteiger partial charge on any atom is -0.480 e. The van der Waals surface area contributed by atoms with Gasteiger partial charge in [-0.25, -0.2) is 8.42 Å². The number of aliphatic carboxylic acids is 1. The Morgan fingerprint density at radius 3 is 2.33 bits per heavy atom. The van der Waals surface area contributed by atoms with E-state index in [0.29, 0.717) is 16.7 Å². The maximum Gasteiger partial charge on any atom is 0.573 e. The number of carboxylic acid groups (broad SMARTS) is 1. The second-order valence-electron chi connectivity index (χ2n) is 7.16. The normalized spacial score (nSPS) is 17.8. The van der Waals surface area contributed by atoms with E-state index in [1.807, 2.05) is 0 Å². The molecule has 0 radical (unpaired) electrons. The van der Waals surface area contributed by atoms with E-state index < -0.39 is 34.1 Å². The van der Waals surface area contributed by atoms with Gasteiger partial charge in [0.1, 0.15) is 11.8 Å². The Balaban J connectivity index is 1.57. The van der Waals surface area contributed by atoms with Crippen LogP contribution >= 0.6 is 0 Å². The molecule has 1 N–H and O–H groups in total. The van der Waals surface area contributed by atoms with Crippen molar-refractivity contribution < 1.29 is 36.2 Å². The highest BCUT2D eigenvalue weighted by molar-refractivity contribution is 7.89. The van der Waals surface area contributed by atoms with Crippen LogP contribution < -0.4 is 9.64 Å². The SMILES string of the molecule is O=C(O)[C@H]1CN(c2ccc3nccnc3c2)CCN1S(=O)(=O)c1ccc(OC(F)(F)F)cc1. The van der Waals surface area contributed by atoms with Crippen molar-refractivity contribution in [2.75, 3.05) is 24.5 Å². The first-order valence-corrected chi connectivity index (χ1v) is 11.0. The molecule has 0 aliphatic carbocycles. The van der Waals surface area contributed by atoms with Gasteiger partial charge in [-0.1, -0.05) is 0 Å². The number of nitrogens with zero attached hydrogens (tertiary/aromatic N) is 4. The van der Waals surface area contributed by atoms with Gasteiger partial charge in [-0.05, 0) is 42.5 Å². The number of carbonyl (C=O) groups is 1. The van der Waals surface area contributed by atoms with E-state index in [9.17, 15) is 31.5 Å². The van der Waals surface area contributed by atoms with Gasteiger partial charge >= 0.3 is 12.3 Å². The van der Waals surface area contributed by atoms with Gasteiger partial charge in [-0.3, -0.25) is 14.8 Å². The molecule has 1 atom stereocenters. The number of hydrogen-bond donors (Lipinski definition) is 1. The number of piperazine rings is 1. The molecule has 3 aromatic rings. The number of carboxylic acids is 1. The molecule has 13 heteroatoms. The molecular formula is C20H17F3N4O5S. The van der Waals surface area contributed by atoms with Crippen LogP contribution in [-0.4, -0.2) is 65.8 Å². The summed E-state index contributed by atoms with van der Waals surface area (Å²) in [7, 11) is -4.29. The number of sulfonamides is 1. The second kappa shape index (κ2) is 8.48. The van der Waals surface area contributed by atoms with Crippen LogP contribution in [0.25, 0.3) is 11.0 Å². The first-order valence-electron chi connectivity index (χ1n) is 9.61. The van der Waals surface area contributed by atoms with Gasteiger partial charge in [0.05, 0.1) is 15.9 Å². The minimum absolute atomic E-state index is 0.129. The summed E-state index contributed by atoms with van der Waals surface area (Å²) < 4.78 is 67.8. The zero-order chi connectivity index (χ0) is 23.8. The van der Waals surface area contributed by atoms with E-state index in [4.69, 9.17) is 0 Å². The number of fused-ring (bicyclic) bond motifs is 1. The molecule has 1 aliphatic rings. The lowest BCUT2D eigenvalue weighted by molar-refractivity contribution is -0.274. The Kier molecular flexibility index (Phi) is 5.84. The Bertz CT molecular complexity index is 1280. The topological polar surface area (TPSA) is 113 Å². The van der Waals surface area contributed by atoms with Gasteiger partial charge in [-0.15, -0.1) is 13.2 Å². The van der Waals surface area contributed by atoms with E-state index in [2.05, 4.69) is 14.7 Å². The smallest absolute Gasteiger partial charge is 0.480 e. The average Bonchev–Trinajstić information content (AvgIpc) is 2.77. The largest absolute Gasteiger partial charge is 0.573 e. The maximum atomic E-state index is 13.1. The van der Waals surface area contributed by atoms with Crippen molar-refractivity contribution in [1.82, 2.24) is 14.3 Å². The molecule has 0 spiro atoms. The van der Waals surface area contributed by atoms with Gasteiger partial charge < -0.3 is 14.7 Å². The van der Waals surface area contributed by atoms with Crippen LogP contribution in [0.1, 0.15) is 0 Å². The van der Waals surface area contributed by atoms with Crippen molar-refractivity contribution in [1.29, 1.82) is 0 Å². The van der Waals surface area contributed by atoms with Crippen molar-refractivity contribution >= 4 is 32.7 Å². The average molecular weight is 482 g/mol. The van der Waals surface area contributed by atoms with Crippen LogP contribution in [0.15, 0.2) is 59.8 Å². The molecule has 33 heavy (non-hydrogen) atoms. The van der Waals surface area contributed by atoms with Gasteiger partial charge in [0, 0.05) is 37.7 Å². The summed E-state index contributed by atoms with van der Waals surface area (Å²) in [5, 5.41) is 9.73. The van der Waals surface area contributed by atoms with Crippen LogP contribution in [0.5, 0.6) is 5.75 Å². The summed E-state index contributed by atoms with van der Waals surface area (Å²) in [4.78, 5) is 21.7. The van der Waals surface area contributed by atoms with Gasteiger partial charge in [0.25, 0.3) is 0 Å². The Morgan fingerprint density at radius 2 is 1.70 bits per heavy atom. The standard InChI is InChI=1S/C20H17F3N4O5S/c21-20(22,23)32-14-2-4-15(5-3-14)33(30,31)27-10-9-26(12-18(27)19(28)29)13-1-6-16-17(11-13)25-8-7-24-16/h1-8,11,18H,9-10,12H2,(H,28,29)/t18-/m1/s1. The molecule has 2 heterocycles. The third-order valence-electron chi connectivity index (χ3n) is 5.10. The van der Waals surface area contributed by atoms with E-state index in [1.54, 1.807) is 29.3 Å². The number of benzene rings is 2. The number of anilines is 1. The van der Waals surface area contributed by atoms with Crippen LogP contribution in [-0.2, 0) is 14.8 Å². The Labute approximate surface area is 186 Å². The molecule has 1 aliphatic heterocycles. The van der Waals surface area contributed by atoms with Crippen LogP contribution in [0.4, 0.5) is 18.9 Å². The second-order valence-corrected chi connectivity index (χ2v) is 9.05. The maximum absolute atomic E-state index is 13.1. The van der Waals surface area contributed by atoms with Crippen molar-refractivity contribution in [2.45, 2.75) is 17.3 Å². The summed E-state index contributed by atoms with van der Waals surface area (Å²) in [6.07, 6.45) is -1.84. The lowest BCUT2D eigenvalue weighted by atomic mass is 10.1. The van der Waals surface area contributed by atoms with Gasteiger partial charge in [0.2, 0.25) is 10.0 Å². The molecule has 2 aromatic carbocycles. The number of alkyl halides is 3. The Morgan fingerprint density at radius 1 is 1.03 bits per heavy atom. The molecular weight excluding hydrogens is 465 g/mol.